The molecule has 0 fully saturated rings. The minimum Gasteiger partial charge on any atom is -0.508 e. The smallest absolute Gasteiger partial charge is 0.412 e. The molecule has 9 heteroatoms. The van der Waals surface area contributed by atoms with Crippen molar-refractivity contribution in [1.29, 1.82) is 0 Å². The van der Waals surface area contributed by atoms with Crippen LogP contribution >= 0.6 is 0 Å². The summed E-state index contributed by atoms with van der Waals surface area (Å²) in [5.41, 5.74) is 5.68. The number of rotatable bonds is 13. The Morgan fingerprint density at radius 1 is 1.03 bits per heavy atom. The lowest BCUT2D eigenvalue weighted by molar-refractivity contribution is -0.135. The van der Waals surface area contributed by atoms with Crippen molar-refractivity contribution in [3.63, 3.8) is 0 Å². The molecule has 37 heavy (non-hydrogen) atoms. The van der Waals surface area contributed by atoms with Gasteiger partial charge in [-0.1, -0.05) is 49.7 Å². The average Bonchev–Trinajstić information content (AvgIpc) is 2.90. The summed E-state index contributed by atoms with van der Waals surface area (Å²) < 4.78 is 5.55. The molecule has 1 aromatic heterocycles. The van der Waals surface area contributed by atoms with Crippen LogP contribution in [0.5, 0.6) is 5.75 Å². The van der Waals surface area contributed by atoms with Crippen LogP contribution in [0.4, 0.5) is 10.6 Å². The molecule has 0 bridgehead atoms. The van der Waals surface area contributed by atoms with Crippen LogP contribution in [-0.4, -0.2) is 41.0 Å². The number of hydrogen-bond donors (Lipinski definition) is 4. The molecule has 196 valence electrons. The molecule has 0 aliphatic carbocycles. The molecule has 1 unspecified atom stereocenters. The first-order valence-corrected chi connectivity index (χ1v) is 12.4. The molecule has 9 nitrogen and oxygen atoms in total. The van der Waals surface area contributed by atoms with E-state index in [9.17, 15) is 19.5 Å². The van der Waals surface area contributed by atoms with E-state index < -0.39 is 11.5 Å². The van der Waals surface area contributed by atoms with Crippen molar-refractivity contribution < 1.29 is 24.2 Å². The second kappa shape index (κ2) is 13.4. The number of para-hydroxylation sites is 2. The zero-order chi connectivity index (χ0) is 26.7. The highest BCUT2D eigenvalue weighted by molar-refractivity contribution is 5.88. The van der Waals surface area contributed by atoms with E-state index in [0.717, 1.165) is 10.9 Å². The molecular formula is C28H34N4O5. The van der Waals surface area contributed by atoms with Gasteiger partial charge < -0.3 is 20.9 Å². The highest BCUT2D eigenvalue weighted by atomic mass is 16.5. The van der Waals surface area contributed by atoms with E-state index in [1.165, 1.54) is 0 Å². The van der Waals surface area contributed by atoms with Gasteiger partial charge in [0.15, 0.2) is 0 Å². The van der Waals surface area contributed by atoms with E-state index in [-0.39, 0.29) is 43.6 Å². The number of pyridine rings is 1. The topological polar surface area (TPSA) is 144 Å². The van der Waals surface area contributed by atoms with Crippen LogP contribution in [0.3, 0.4) is 0 Å². The third-order valence-electron chi connectivity index (χ3n) is 6.29. The van der Waals surface area contributed by atoms with Crippen molar-refractivity contribution in [3.05, 3.63) is 66.2 Å². The van der Waals surface area contributed by atoms with E-state index in [1.54, 1.807) is 30.3 Å². The Balaban J connectivity index is 1.72. The second-order valence-corrected chi connectivity index (χ2v) is 9.03. The summed E-state index contributed by atoms with van der Waals surface area (Å²) in [6, 6.07) is 17.8. The quantitative estimate of drug-likeness (QED) is 0.271. The number of nitrogens with one attached hydrogen (secondary N) is 2. The third kappa shape index (κ3) is 7.75. The van der Waals surface area contributed by atoms with Gasteiger partial charge in [0.1, 0.15) is 24.0 Å². The number of phenolic OH excluding ortho intramolecular Hbond substituents is 1. The van der Waals surface area contributed by atoms with Gasteiger partial charge in [-0.2, -0.15) is 0 Å². The monoisotopic (exact) mass is 506 g/mol. The molecule has 0 aliphatic rings. The van der Waals surface area contributed by atoms with Crippen LogP contribution in [0, 0.1) is 5.41 Å². The number of hydrogen-bond acceptors (Lipinski definition) is 7. The van der Waals surface area contributed by atoms with Crippen LogP contribution in [-0.2, 0) is 20.9 Å². The maximum atomic E-state index is 13.5. The highest BCUT2D eigenvalue weighted by Gasteiger charge is 2.39. The molecule has 0 saturated carbocycles. The number of amides is 2. The molecule has 2 aromatic carbocycles. The first-order chi connectivity index (χ1) is 17.9. The lowest BCUT2D eigenvalue weighted by Gasteiger charge is -2.32. The van der Waals surface area contributed by atoms with Crippen molar-refractivity contribution >= 4 is 34.5 Å². The fourth-order valence-corrected chi connectivity index (χ4v) is 4.27. The largest absolute Gasteiger partial charge is 0.508 e. The molecule has 2 amide bonds. The van der Waals surface area contributed by atoms with Crippen molar-refractivity contribution in [1.82, 2.24) is 10.3 Å². The molecule has 0 saturated heterocycles. The Morgan fingerprint density at radius 2 is 1.78 bits per heavy atom. The Kier molecular flexibility index (Phi) is 9.97. The molecule has 0 radical (unpaired) electrons. The fourth-order valence-electron chi connectivity index (χ4n) is 4.27. The Morgan fingerprint density at radius 3 is 2.54 bits per heavy atom. The molecule has 1 atom stereocenters. The van der Waals surface area contributed by atoms with Crippen LogP contribution in [0.2, 0.25) is 0 Å². The predicted octanol–water partition coefficient (Wildman–Crippen LogP) is 4.29. The summed E-state index contributed by atoms with van der Waals surface area (Å²) in [6.45, 7) is 1.82. The summed E-state index contributed by atoms with van der Waals surface area (Å²) in [4.78, 5) is 42.3. The lowest BCUT2D eigenvalue weighted by Crippen LogP contribution is -2.45. The van der Waals surface area contributed by atoms with Gasteiger partial charge in [0, 0.05) is 23.9 Å². The number of benzene rings is 2. The summed E-state index contributed by atoms with van der Waals surface area (Å²) in [5.74, 6) is 0.00812. The first kappa shape index (κ1) is 27.6. The molecule has 3 aromatic rings. The highest BCUT2D eigenvalue weighted by Crippen LogP contribution is 2.32. The predicted molar refractivity (Wildman–Crippen MR) is 142 cm³/mol. The summed E-state index contributed by atoms with van der Waals surface area (Å²) in [7, 11) is 0. The molecular weight excluding hydrogens is 472 g/mol. The maximum Gasteiger partial charge on any atom is 0.412 e. The summed E-state index contributed by atoms with van der Waals surface area (Å²) in [6.07, 6.45) is 1.37. The van der Waals surface area contributed by atoms with Crippen molar-refractivity contribution in [2.75, 3.05) is 18.5 Å². The van der Waals surface area contributed by atoms with Crippen molar-refractivity contribution in [2.24, 2.45) is 11.1 Å². The minimum absolute atomic E-state index is 0.0576. The summed E-state index contributed by atoms with van der Waals surface area (Å²) >= 11 is 0. The van der Waals surface area contributed by atoms with Gasteiger partial charge in [-0.05, 0) is 43.5 Å². The maximum absolute atomic E-state index is 13.5. The van der Waals surface area contributed by atoms with Gasteiger partial charge >= 0.3 is 6.09 Å². The van der Waals surface area contributed by atoms with Crippen LogP contribution in [0.15, 0.2) is 60.7 Å². The number of phenols is 1. The minimum atomic E-state index is -1.05. The molecule has 0 aliphatic heterocycles. The van der Waals surface area contributed by atoms with Gasteiger partial charge in [-0.15, -0.1) is 0 Å². The van der Waals surface area contributed by atoms with E-state index in [2.05, 4.69) is 15.6 Å². The SMILES string of the molecule is CCCC(CCCC(=O)CN)(COC(=O)Nc1ccc2ccccc2n1)C(=O)NCc1ccccc1O. The molecule has 5 N–H and O–H groups in total. The molecule has 3 rings (SSSR count). The number of ether oxygens (including phenoxy) is 1. The number of nitrogens with zero attached hydrogens (tertiary/aromatic N) is 1. The van der Waals surface area contributed by atoms with Crippen LogP contribution in [0.1, 0.15) is 44.6 Å². The zero-order valence-corrected chi connectivity index (χ0v) is 21.0. The zero-order valence-electron chi connectivity index (χ0n) is 21.0. The normalized spacial score (nSPS) is 12.5. The lowest BCUT2D eigenvalue weighted by atomic mass is 9.78. The van der Waals surface area contributed by atoms with E-state index in [4.69, 9.17) is 10.5 Å². The van der Waals surface area contributed by atoms with Crippen molar-refractivity contribution in [3.8, 4) is 5.75 Å². The number of fused-ring (bicyclic) bond motifs is 1. The molecule has 0 spiro atoms. The number of ketones is 1. The second-order valence-electron chi connectivity index (χ2n) is 9.03. The van der Waals surface area contributed by atoms with E-state index in [1.807, 2.05) is 37.3 Å². The van der Waals surface area contributed by atoms with Crippen LogP contribution < -0.4 is 16.4 Å². The number of carbonyl (C=O) groups excluding carboxylic acids is 3. The average molecular weight is 507 g/mol. The number of aromatic hydroxyl groups is 1. The van der Waals surface area contributed by atoms with Gasteiger partial charge in [-0.25, -0.2) is 9.78 Å². The van der Waals surface area contributed by atoms with E-state index >= 15 is 0 Å². The number of nitrogens with two attached hydrogens (primary N) is 1. The van der Waals surface area contributed by atoms with Crippen molar-refractivity contribution in [2.45, 2.75) is 45.6 Å². The fraction of sp³-hybridized carbons (Fsp3) is 0.357. The Hall–Kier alpha value is -3.98. The Bertz CT molecular complexity index is 1230. The van der Waals surface area contributed by atoms with Gasteiger partial charge in [0.05, 0.1) is 17.5 Å². The van der Waals surface area contributed by atoms with Crippen LogP contribution in [0.25, 0.3) is 10.9 Å². The molecule has 1 heterocycles. The van der Waals surface area contributed by atoms with Gasteiger partial charge in [0.25, 0.3) is 0 Å². The summed E-state index contributed by atoms with van der Waals surface area (Å²) in [5, 5.41) is 16.5. The number of carbonyl (C=O) groups is 3. The first-order valence-electron chi connectivity index (χ1n) is 12.4. The number of anilines is 1. The van der Waals surface area contributed by atoms with E-state index in [0.29, 0.717) is 37.1 Å². The Labute approximate surface area is 216 Å². The number of Topliss-reactive ketones (excluding diaryl/α,β-unsaturated/α-hetero) is 1. The van der Waals surface area contributed by atoms with Gasteiger partial charge in [0.2, 0.25) is 5.91 Å². The standard InChI is InChI=1S/C28H34N4O5/c1-2-15-28(16-7-10-22(33)17-29,26(35)30-18-21-9-4-6-12-24(21)34)19-37-27(36)32-25-14-13-20-8-3-5-11-23(20)31-25/h3-6,8-9,11-14,34H,2,7,10,15-19,29H2,1H3,(H,30,35)(H,31,32,36). The van der Waals surface area contributed by atoms with Gasteiger partial charge in [-0.3, -0.25) is 14.9 Å². The number of aromatic nitrogens is 1. The third-order valence-corrected chi connectivity index (χ3v) is 6.29.